The highest BCUT2D eigenvalue weighted by Gasteiger charge is 2.34. The van der Waals surface area contributed by atoms with Gasteiger partial charge in [-0.05, 0) is 37.5 Å². The highest BCUT2D eigenvalue weighted by atomic mass is 127. The summed E-state index contributed by atoms with van der Waals surface area (Å²) in [6.45, 7) is 5.87. The van der Waals surface area contributed by atoms with E-state index in [2.05, 4.69) is 54.5 Å². The van der Waals surface area contributed by atoms with Crippen LogP contribution >= 0.6 is 24.0 Å². The van der Waals surface area contributed by atoms with Gasteiger partial charge in [0.1, 0.15) is 11.5 Å². The molecule has 1 N–H and O–H groups in total. The third kappa shape index (κ3) is 6.51. The van der Waals surface area contributed by atoms with Gasteiger partial charge in [0.05, 0.1) is 20.8 Å². The summed E-state index contributed by atoms with van der Waals surface area (Å²) in [5.74, 6) is 2.49. The van der Waals surface area contributed by atoms with Crippen molar-refractivity contribution in [3.63, 3.8) is 0 Å². The Morgan fingerprint density at radius 2 is 1.81 bits per heavy atom. The SMILES string of the molecule is CCNC(=NCC1(c2ccccc2)CCOCC1)N(C)Cc1ccc(OC)cc1OC.I. The third-order valence-electron chi connectivity index (χ3n) is 5.97. The molecule has 0 aliphatic carbocycles. The number of rotatable bonds is 8. The number of methoxy groups -OCH3 is 2. The van der Waals surface area contributed by atoms with Gasteiger partial charge >= 0.3 is 0 Å². The zero-order chi connectivity index (χ0) is 22.1. The summed E-state index contributed by atoms with van der Waals surface area (Å²) in [7, 11) is 5.41. The average molecular weight is 553 g/mol. The molecule has 3 rings (SSSR count). The maximum Gasteiger partial charge on any atom is 0.193 e. The molecule has 2 aromatic carbocycles. The highest BCUT2D eigenvalue weighted by Crippen LogP contribution is 2.35. The number of halogens is 1. The molecule has 1 aliphatic rings. The Morgan fingerprint density at radius 1 is 1.09 bits per heavy atom. The molecular weight excluding hydrogens is 517 g/mol. The molecule has 0 radical (unpaired) electrons. The van der Waals surface area contributed by atoms with E-state index in [1.54, 1.807) is 14.2 Å². The summed E-state index contributed by atoms with van der Waals surface area (Å²) in [4.78, 5) is 7.23. The lowest BCUT2D eigenvalue weighted by Gasteiger charge is -2.37. The zero-order valence-corrected chi connectivity index (χ0v) is 21.9. The van der Waals surface area contributed by atoms with E-state index in [1.807, 2.05) is 18.2 Å². The van der Waals surface area contributed by atoms with E-state index in [-0.39, 0.29) is 29.4 Å². The monoisotopic (exact) mass is 553 g/mol. The van der Waals surface area contributed by atoms with Gasteiger partial charge in [0.15, 0.2) is 5.96 Å². The number of aliphatic imine (C=N–C) groups is 1. The minimum Gasteiger partial charge on any atom is -0.497 e. The molecule has 0 saturated carbocycles. The summed E-state index contributed by atoms with van der Waals surface area (Å²) in [6, 6.07) is 16.7. The molecule has 0 aromatic heterocycles. The fraction of sp³-hybridized carbons (Fsp3) is 0.480. The maximum absolute atomic E-state index is 5.67. The lowest BCUT2D eigenvalue weighted by molar-refractivity contribution is 0.0530. The Labute approximate surface area is 209 Å². The van der Waals surface area contributed by atoms with E-state index in [4.69, 9.17) is 19.2 Å². The van der Waals surface area contributed by atoms with Crippen molar-refractivity contribution in [2.24, 2.45) is 4.99 Å². The lowest BCUT2D eigenvalue weighted by atomic mass is 9.74. The average Bonchev–Trinajstić information content (AvgIpc) is 2.83. The van der Waals surface area contributed by atoms with Gasteiger partial charge in [0.2, 0.25) is 0 Å². The smallest absolute Gasteiger partial charge is 0.193 e. The normalized spacial score (nSPS) is 15.4. The van der Waals surface area contributed by atoms with Crippen molar-refractivity contribution in [3.8, 4) is 11.5 Å². The molecule has 0 spiro atoms. The molecule has 0 amide bonds. The Bertz CT molecular complexity index is 855. The van der Waals surface area contributed by atoms with Crippen molar-refractivity contribution >= 4 is 29.9 Å². The maximum atomic E-state index is 5.67. The third-order valence-corrected chi connectivity index (χ3v) is 5.97. The Balaban J connectivity index is 0.00000363. The van der Waals surface area contributed by atoms with Gasteiger partial charge in [-0.15, -0.1) is 24.0 Å². The predicted molar refractivity (Wildman–Crippen MR) is 141 cm³/mol. The molecule has 0 bridgehead atoms. The second kappa shape index (κ2) is 12.9. The van der Waals surface area contributed by atoms with Crippen LogP contribution in [-0.2, 0) is 16.7 Å². The minimum absolute atomic E-state index is 0. The van der Waals surface area contributed by atoms with Crippen LogP contribution in [0.2, 0.25) is 0 Å². The topological polar surface area (TPSA) is 55.3 Å². The first kappa shape index (κ1) is 26.3. The van der Waals surface area contributed by atoms with Gasteiger partial charge in [-0.25, -0.2) is 0 Å². The molecule has 7 heteroatoms. The van der Waals surface area contributed by atoms with E-state index in [0.29, 0.717) is 6.54 Å². The summed E-state index contributed by atoms with van der Waals surface area (Å²) < 4.78 is 16.6. The Hall–Kier alpha value is -2.00. The number of nitrogens with zero attached hydrogens (tertiary/aromatic N) is 2. The van der Waals surface area contributed by atoms with Crippen LogP contribution in [0.5, 0.6) is 11.5 Å². The summed E-state index contributed by atoms with van der Waals surface area (Å²) in [6.07, 6.45) is 1.96. The van der Waals surface area contributed by atoms with Crippen LogP contribution in [0.15, 0.2) is 53.5 Å². The van der Waals surface area contributed by atoms with Crippen LogP contribution < -0.4 is 14.8 Å². The van der Waals surface area contributed by atoms with Crippen LogP contribution in [0, 0.1) is 0 Å². The van der Waals surface area contributed by atoms with E-state index >= 15 is 0 Å². The van der Waals surface area contributed by atoms with Crippen LogP contribution in [0.4, 0.5) is 0 Å². The van der Waals surface area contributed by atoms with Crippen molar-refractivity contribution in [1.82, 2.24) is 10.2 Å². The molecular formula is C25H36IN3O3. The molecule has 2 aromatic rings. The van der Waals surface area contributed by atoms with Crippen LogP contribution in [0.1, 0.15) is 30.9 Å². The number of guanidine groups is 1. The van der Waals surface area contributed by atoms with Gasteiger partial charge in [-0.1, -0.05) is 30.3 Å². The number of nitrogens with one attached hydrogen (secondary N) is 1. The fourth-order valence-electron chi connectivity index (χ4n) is 4.10. The molecule has 32 heavy (non-hydrogen) atoms. The minimum atomic E-state index is 0. The quantitative estimate of drug-likeness (QED) is 0.297. The summed E-state index contributed by atoms with van der Waals surface area (Å²) >= 11 is 0. The van der Waals surface area contributed by atoms with Crippen molar-refractivity contribution < 1.29 is 14.2 Å². The van der Waals surface area contributed by atoms with E-state index < -0.39 is 0 Å². The first-order chi connectivity index (χ1) is 15.1. The molecule has 1 saturated heterocycles. The molecule has 0 unspecified atom stereocenters. The van der Waals surface area contributed by atoms with Gasteiger partial charge in [-0.2, -0.15) is 0 Å². The number of hydrogen-bond acceptors (Lipinski definition) is 4. The standard InChI is InChI=1S/C25H35N3O3.HI/c1-5-26-24(28(2)18-20-11-12-22(29-3)17-23(20)30-4)27-19-25(13-15-31-16-14-25)21-9-7-6-8-10-21;/h6-12,17H,5,13-16,18-19H2,1-4H3,(H,26,27);1H. The Morgan fingerprint density at radius 3 is 2.44 bits per heavy atom. The second-order valence-electron chi connectivity index (χ2n) is 7.96. The lowest BCUT2D eigenvalue weighted by Crippen LogP contribution is -2.41. The summed E-state index contributed by atoms with van der Waals surface area (Å²) in [5.41, 5.74) is 2.44. The first-order valence-corrected chi connectivity index (χ1v) is 11.0. The van der Waals surface area contributed by atoms with E-state index in [9.17, 15) is 0 Å². The van der Waals surface area contributed by atoms with Crippen molar-refractivity contribution in [1.29, 1.82) is 0 Å². The zero-order valence-electron chi connectivity index (χ0n) is 19.6. The largest absolute Gasteiger partial charge is 0.497 e. The van der Waals surface area contributed by atoms with Crippen LogP contribution in [0.3, 0.4) is 0 Å². The van der Waals surface area contributed by atoms with Gasteiger partial charge in [0.25, 0.3) is 0 Å². The molecule has 176 valence electrons. The summed E-state index contributed by atoms with van der Waals surface area (Å²) in [5, 5.41) is 3.45. The second-order valence-corrected chi connectivity index (χ2v) is 7.96. The number of hydrogen-bond donors (Lipinski definition) is 1. The fourth-order valence-corrected chi connectivity index (χ4v) is 4.10. The predicted octanol–water partition coefficient (Wildman–Crippen LogP) is 4.47. The molecule has 1 fully saturated rings. The van der Waals surface area contributed by atoms with Crippen molar-refractivity contribution in [2.75, 3.05) is 47.6 Å². The first-order valence-electron chi connectivity index (χ1n) is 11.0. The van der Waals surface area contributed by atoms with Crippen molar-refractivity contribution in [2.45, 2.75) is 31.7 Å². The molecule has 6 nitrogen and oxygen atoms in total. The molecule has 1 heterocycles. The molecule has 0 atom stereocenters. The Kier molecular flexibility index (Phi) is 10.6. The van der Waals surface area contributed by atoms with Crippen LogP contribution in [0.25, 0.3) is 0 Å². The highest BCUT2D eigenvalue weighted by molar-refractivity contribution is 14.0. The van der Waals surface area contributed by atoms with E-state index in [0.717, 1.165) is 62.2 Å². The van der Waals surface area contributed by atoms with Gasteiger partial charge in [0, 0.05) is 50.4 Å². The number of benzene rings is 2. The van der Waals surface area contributed by atoms with Gasteiger partial charge < -0.3 is 24.4 Å². The van der Waals surface area contributed by atoms with E-state index in [1.165, 1.54) is 5.56 Å². The molecule has 1 aliphatic heterocycles. The number of ether oxygens (including phenoxy) is 3. The van der Waals surface area contributed by atoms with Gasteiger partial charge in [-0.3, -0.25) is 4.99 Å². The van der Waals surface area contributed by atoms with Crippen LogP contribution in [-0.4, -0.2) is 58.4 Å². The van der Waals surface area contributed by atoms with Crippen molar-refractivity contribution in [3.05, 3.63) is 59.7 Å².